The second-order valence-corrected chi connectivity index (χ2v) is 5.76. The fraction of sp³-hybridized carbons (Fsp3) is 0.214. The Morgan fingerprint density at radius 1 is 1.47 bits per heavy atom. The molecule has 0 aliphatic heterocycles. The van der Waals surface area contributed by atoms with Crippen LogP contribution in [0.1, 0.15) is 33.8 Å². The van der Waals surface area contributed by atoms with Crippen molar-refractivity contribution in [3.63, 3.8) is 0 Å². The Labute approximate surface area is 121 Å². The molecule has 0 aliphatic rings. The second kappa shape index (κ2) is 6.19. The van der Waals surface area contributed by atoms with E-state index in [0.717, 1.165) is 15.5 Å². The van der Waals surface area contributed by atoms with Crippen molar-refractivity contribution in [1.82, 2.24) is 5.32 Å². The fourth-order valence-electron chi connectivity index (χ4n) is 1.75. The van der Waals surface area contributed by atoms with E-state index in [9.17, 15) is 4.79 Å². The van der Waals surface area contributed by atoms with Gasteiger partial charge in [-0.15, -0.1) is 11.3 Å². The zero-order chi connectivity index (χ0) is 13.8. The number of halogens is 1. The number of thiophene rings is 1. The Morgan fingerprint density at radius 3 is 2.89 bits per heavy atom. The summed E-state index contributed by atoms with van der Waals surface area (Å²) in [6, 6.07) is 9.79. The van der Waals surface area contributed by atoms with Gasteiger partial charge in [0.05, 0.1) is 5.56 Å². The predicted octanol–water partition coefficient (Wildman–Crippen LogP) is 3.35. The van der Waals surface area contributed by atoms with Crippen LogP contribution in [0.5, 0.6) is 0 Å². The maximum absolute atomic E-state index is 11.0. The van der Waals surface area contributed by atoms with E-state index in [4.69, 9.17) is 17.3 Å². The highest BCUT2D eigenvalue weighted by Crippen LogP contribution is 2.19. The molecule has 0 spiro atoms. The number of hydrogen-bond acceptors (Lipinski definition) is 3. The standard InChI is InChI=1S/C14H15ClN2OS/c1-9(10-3-2-4-12(15)5-10)17-7-13-6-11(8-19-13)14(16)18/h2-6,8-9,17H,7H2,1H3,(H2,16,18)/t9-/m1/s1. The minimum Gasteiger partial charge on any atom is -0.366 e. The number of nitrogens with two attached hydrogens (primary N) is 1. The molecule has 1 atom stereocenters. The lowest BCUT2D eigenvalue weighted by Gasteiger charge is -2.13. The molecular weight excluding hydrogens is 280 g/mol. The third-order valence-electron chi connectivity index (χ3n) is 2.87. The van der Waals surface area contributed by atoms with Gasteiger partial charge in [0.2, 0.25) is 5.91 Å². The Balaban J connectivity index is 1.96. The average molecular weight is 295 g/mol. The highest BCUT2D eigenvalue weighted by atomic mass is 35.5. The third-order valence-corrected chi connectivity index (χ3v) is 4.04. The van der Waals surface area contributed by atoms with Crippen LogP contribution in [0.15, 0.2) is 35.7 Å². The lowest BCUT2D eigenvalue weighted by molar-refractivity contribution is 0.100. The number of carbonyl (C=O) groups excluding carboxylic acids is 1. The molecule has 0 saturated carbocycles. The number of rotatable bonds is 5. The summed E-state index contributed by atoms with van der Waals surface area (Å²) >= 11 is 7.50. The largest absolute Gasteiger partial charge is 0.366 e. The third kappa shape index (κ3) is 3.80. The smallest absolute Gasteiger partial charge is 0.249 e. The van der Waals surface area contributed by atoms with Crippen molar-refractivity contribution in [2.45, 2.75) is 19.5 Å². The van der Waals surface area contributed by atoms with Crippen molar-refractivity contribution in [2.75, 3.05) is 0 Å². The summed E-state index contributed by atoms with van der Waals surface area (Å²) in [7, 11) is 0. The Morgan fingerprint density at radius 2 is 2.26 bits per heavy atom. The SMILES string of the molecule is C[C@@H](NCc1cc(C(N)=O)cs1)c1cccc(Cl)c1. The molecular formula is C14H15ClN2OS. The van der Waals surface area contributed by atoms with Crippen LogP contribution in [0.25, 0.3) is 0 Å². The number of hydrogen-bond donors (Lipinski definition) is 2. The zero-order valence-corrected chi connectivity index (χ0v) is 12.1. The van der Waals surface area contributed by atoms with Gasteiger partial charge in [0.25, 0.3) is 0 Å². The number of nitrogens with one attached hydrogen (secondary N) is 1. The summed E-state index contributed by atoms with van der Waals surface area (Å²) in [5, 5.41) is 5.91. The Bertz CT molecular complexity index is 582. The molecule has 5 heteroatoms. The maximum Gasteiger partial charge on any atom is 0.249 e. The van der Waals surface area contributed by atoms with Crippen LogP contribution in [0.4, 0.5) is 0 Å². The minimum atomic E-state index is -0.384. The summed E-state index contributed by atoms with van der Waals surface area (Å²) in [4.78, 5) is 12.1. The van der Waals surface area contributed by atoms with Crippen LogP contribution < -0.4 is 11.1 Å². The van der Waals surface area contributed by atoms with Crippen LogP contribution in [0.3, 0.4) is 0 Å². The molecule has 0 aliphatic carbocycles. The van der Waals surface area contributed by atoms with Gasteiger partial charge in [0.1, 0.15) is 0 Å². The molecule has 1 heterocycles. The van der Waals surface area contributed by atoms with Crippen molar-refractivity contribution in [3.8, 4) is 0 Å². The summed E-state index contributed by atoms with van der Waals surface area (Å²) in [5.41, 5.74) is 6.93. The summed E-state index contributed by atoms with van der Waals surface area (Å²) in [5.74, 6) is -0.384. The van der Waals surface area contributed by atoms with E-state index in [1.165, 1.54) is 11.3 Å². The van der Waals surface area contributed by atoms with Gasteiger partial charge in [-0.2, -0.15) is 0 Å². The van der Waals surface area contributed by atoms with Gasteiger partial charge in [-0.3, -0.25) is 4.79 Å². The number of amides is 1. The molecule has 2 rings (SSSR count). The molecule has 0 bridgehead atoms. The van der Waals surface area contributed by atoms with Gasteiger partial charge >= 0.3 is 0 Å². The molecule has 0 fully saturated rings. The highest BCUT2D eigenvalue weighted by molar-refractivity contribution is 7.10. The average Bonchev–Trinajstić information content (AvgIpc) is 2.85. The highest BCUT2D eigenvalue weighted by Gasteiger charge is 2.08. The van der Waals surface area contributed by atoms with Crippen LogP contribution >= 0.6 is 22.9 Å². The van der Waals surface area contributed by atoms with Crippen LogP contribution in [-0.4, -0.2) is 5.91 Å². The van der Waals surface area contributed by atoms with E-state index in [0.29, 0.717) is 12.1 Å². The second-order valence-electron chi connectivity index (χ2n) is 4.32. The summed E-state index contributed by atoms with van der Waals surface area (Å²) in [6.45, 7) is 2.78. The van der Waals surface area contributed by atoms with E-state index < -0.39 is 0 Å². The number of primary amides is 1. The first-order valence-corrected chi connectivity index (χ1v) is 7.18. The molecule has 0 radical (unpaired) electrons. The van der Waals surface area contributed by atoms with Crippen molar-refractivity contribution < 1.29 is 4.79 Å². The first-order valence-electron chi connectivity index (χ1n) is 5.92. The molecule has 3 nitrogen and oxygen atoms in total. The molecule has 0 saturated heterocycles. The molecule has 1 aromatic heterocycles. The molecule has 3 N–H and O–H groups in total. The first kappa shape index (κ1) is 14.1. The fourth-order valence-corrected chi connectivity index (χ4v) is 2.77. The van der Waals surface area contributed by atoms with E-state index >= 15 is 0 Å². The lowest BCUT2D eigenvalue weighted by atomic mass is 10.1. The first-order chi connectivity index (χ1) is 9.06. The molecule has 100 valence electrons. The van der Waals surface area contributed by atoms with Crippen molar-refractivity contribution in [2.24, 2.45) is 5.73 Å². The quantitative estimate of drug-likeness (QED) is 0.888. The van der Waals surface area contributed by atoms with Gasteiger partial charge in [-0.05, 0) is 30.7 Å². The van der Waals surface area contributed by atoms with Crippen LogP contribution in [-0.2, 0) is 6.54 Å². The predicted molar refractivity (Wildman–Crippen MR) is 79.5 cm³/mol. The van der Waals surface area contributed by atoms with E-state index in [1.807, 2.05) is 30.3 Å². The van der Waals surface area contributed by atoms with Crippen molar-refractivity contribution in [1.29, 1.82) is 0 Å². The summed E-state index contributed by atoms with van der Waals surface area (Å²) < 4.78 is 0. The minimum absolute atomic E-state index is 0.192. The maximum atomic E-state index is 11.0. The van der Waals surface area contributed by atoms with Crippen molar-refractivity contribution in [3.05, 3.63) is 56.7 Å². The monoisotopic (exact) mass is 294 g/mol. The number of carbonyl (C=O) groups is 1. The normalized spacial score (nSPS) is 12.3. The molecule has 19 heavy (non-hydrogen) atoms. The van der Waals surface area contributed by atoms with Crippen LogP contribution in [0, 0.1) is 0 Å². The van der Waals surface area contributed by atoms with Gasteiger partial charge in [0.15, 0.2) is 0 Å². The molecule has 1 amide bonds. The van der Waals surface area contributed by atoms with E-state index in [2.05, 4.69) is 12.2 Å². The zero-order valence-electron chi connectivity index (χ0n) is 10.5. The Hall–Kier alpha value is -1.36. The summed E-state index contributed by atoms with van der Waals surface area (Å²) in [6.07, 6.45) is 0. The van der Waals surface area contributed by atoms with Crippen molar-refractivity contribution >= 4 is 28.8 Å². The van der Waals surface area contributed by atoms with E-state index in [1.54, 1.807) is 5.38 Å². The van der Waals surface area contributed by atoms with E-state index in [-0.39, 0.29) is 11.9 Å². The topological polar surface area (TPSA) is 55.1 Å². The number of benzene rings is 1. The lowest BCUT2D eigenvalue weighted by Crippen LogP contribution is -2.17. The van der Waals surface area contributed by atoms with Gasteiger partial charge < -0.3 is 11.1 Å². The molecule has 0 unspecified atom stereocenters. The Kier molecular flexibility index (Phi) is 4.58. The van der Waals surface area contributed by atoms with Crippen LogP contribution in [0.2, 0.25) is 5.02 Å². The molecule has 2 aromatic rings. The van der Waals surface area contributed by atoms with Gasteiger partial charge in [-0.1, -0.05) is 23.7 Å². The molecule has 1 aromatic carbocycles. The van der Waals surface area contributed by atoms with Gasteiger partial charge in [0, 0.05) is 27.9 Å². The van der Waals surface area contributed by atoms with Gasteiger partial charge in [-0.25, -0.2) is 0 Å².